The number of benzene rings is 1. The number of hydrogen-bond acceptors (Lipinski definition) is 2. The molecule has 1 atom stereocenters. The molecule has 92 valence electrons. The maximum Gasteiger partial charge on any atom is 0.0234 e. The fraction of sp³-hybridized carbons (Fsp3) is 0.600. The minimum atomic E-state index is 0.736. The Balaban J connectivity index is 1.52. The van der Waals surface area contributed by atoms with E-state index in [0.29, 0.717) is 0 Å². The smallest absolute Gasteiger partial charge is 0.0234 e. The van der Waals surface area contributed by atoms with Crippen molar-refractivity contribution in [3.8, 4) is 0 Å². The molecule has 2 nitrogen and oxygen atoms in total. The number of nitrogens with zero attached hydrogens (tertiary/aromatic N) is 1. The summed E-state index contributed by atoms with van der Waals surface area (Å²) in [5, 5.41) is 3.77. The van der Waals surface area contributed by atoms with Crippen LogP contribution in [0.5, 0.6) is 0 Å². The summed E-state index contributed by atoms with van der Waals surface area (Å²) in [6.45, 7) is 3.60. The van der Waals surface area contributed by atoms with E-state index in [4.69, 9.17) is 0 Å². The molecule has 0 unspecified atom stereocenters. The number of rotatable bonds is 4. The SMILES string of the molecule is c1ccc(CN2CCC[C@@H](NC3CC3)C2)cc1. The maximum absolute atomic E-state index is 3.77. The standard InChI is InChI=1S/C15H22N2/c1-2-5-13(6-3-1)11-17-10-4-7-15(12-17)16-14-8-9-14/h1-3,5-6,14-16H,4,7-12H2/t15-/m1/s1. The average Bonchev–Trinajstić information content (AvgIpc) is 3.15. The van der Waals surface area contributed by atoms with Crippen molar-refractivity contribution in [3.63, 3.8) is 0 Å². The lowest BCUT2D eigenvalue weighted by molar-refractivity contribution is 0.182. The van der Waals surface area contributed by atoms with Crippen LogP contribution in [0.2, 0.25) is 0 Å². The second-order valence-electron chi connectivity index (χ2n) is 5.50. The summed E-state index contributed by atoms with van der Waals surface area (Å²) in [5.74, 6) is 0. The molecule has 0 spiro atoms. The van der Waals surface area contributed by atoms with Gasteiger partial charge in [-0.2, -0.15) is 0 Å². The summed E-state index contributed by atoms with van der Waals surface area (Å²) in [5.41, 5.74) is 1.44. The van der Waals surface area contributed by atoms with Crippen LogP contribution < -0.4 is 5.32 Å². The van der Waals surface area contributed by atoms with Crippen LogP contribution in [0.4, 0.5) is 0 Å². The van der Waals surface area contributed by atoms with Crippen molar-refractivity contribution in [2.24, 2.45) is 0 Å². The molecular weight excluding hydrogens is 208 g/mol. The molecule has 0 radical (unpaired) electrons. The molecule has 1 saturated heterocycles. The molecular formula is C15H22N2. The second kappa shape index (κ2) is 5.19. The minimum Gasteiger partial charge on any atom is -0.310 e. The Morgan fingerprint density at radius 3 is 2.65 bits per heavy atom. The van der Waals surface area contributed by atoms with Gasteiger partial charge in [0.15, 0.2) is 0 Å². The second-order valence-corrected chi connectivity index (χ2v) is 5.50. The van der Waals surface area contributed by atoms with Gasteiger partial charge in [-0.25, -0.2) is 0 Å². The quantitative estimate of drug-likeness (QED) is 0.854. The van der Waals surface area contributed by atoms with Gasteiger partial charge in [0.2, 0.25) is 0 Å². The molecule has 0 aromatic heterocycles. The van der Waals surface area contributed by atoms with Gasteiger partial charge in [-0.1, -0.05) is 30.3 Å². The highest BCUT2D eigenvalue weighted by Gasteiger charge is 2.27. The van der Waals surface area contributed by atoms with Crippen LogP contribution in [0.25, 0.3) is 0 Å². The molecule has 1 aliphatic carbocycles. The Labute approximate surface area is 104 Å². The van der Waals surface area contributed by atoms with Crippen molar-refractivity contribution in [2.45, 2.75) is 44.3 Å². The number of likely N-dealkylation sites (tertiary alicyclic amines) is 1. The normalized spacial score (nSPS) is 26.0. The first-order valence-corrected chi connectivity index (χ1v) is 6.92. The van der Waals surface area contributed by atoms with Crippen LogP contribution in [0.1, 0.15) is 31.2 Å². The highest BCUT2D eigenvalue weighted by molar-refractivity contribution is 5.14. The lowest BCUT2D eigenvalue weighted by Gasteiger charge is -2.33. The summed E-state index contributed by atoms with van der Waals surface area (Å²) in [7, 11) is 0. The number of hydrogen-bond donors (Lipinski definition) is 1. The van der Waals surface area contributed by atoms with Gasteiger partial charge in [-0.3, -0.25) is 4.90 Å². The van der Waals surface area contributed by atoms with Crippen LogP contribution in [0.3, 0.4) is 0 Å². The van der Waals surface area contributed by atoms with E-state index in [2.05, 4.69) is 40.5 Å². The van der Waals surface area contributed by atoms with Gasteiger partial charge in [0.1, 0.15) is 0 Å². The monoisotopic (exact) mass is 230 g/mol. The fourth-order valence-corrected chi connectivity index (χ4v) is 2.76. The molecule has 17 heavy (non-hydrogen) atoms. The first kappa shape index (κ1) is 11.2. The molecule has 0 amide bonds. The predicted octanol–water partition coefficient (Wildman–Crippen LogP) is 2.40. The van der Waals surface area contributed by atoms with Crippen LogP contribution in [0, 0.1) is 0 Å². The highest BCUT2D eigenvalue weighted by atomic mass is 15.2. The molecule has 1 aliphatic heterocycles. The molecule has 3 rings (SSSR count). The Morgan fingerprint density at radius 1 is 1.06 bits per heavy atom. The van der Waals surface area contributed by atoms with Crippen molar-refractivity contribution in [1.29, 1.82) is 0 Å². The third kappa shape index (κ3) is 3.30. The molecule has 2 heteroatoms. The van der Waals surface area contributed by atoms with Gasteiger partial charge < -0.3 is 5.32 Å². The molecule has 1 N–H and O–H groups in total. The van der Waals surface area contributed by atoms with Crippen molar-refractivity contribution < 1.29 is 0 Å². The number of nitrogens with one attached hydrogen (secondary N) is 1. The van der Waals surface area contributed by atoms with E-state index in [0.717, 1.165) is 18.6 Å². The van der Waals surface area contributed by atoms with Gasteiger partial charge >= 0.3 is 0 Å². The predicted molar refractivity (Wildman–Crippen MR) is 70.9 cm³/mol. The molecule has 2 aliphatic rings. The maximum atomic E-state index is 3.77. The zero-order chi connectivity index (χ0) is 11.5. The van der Waals surface area contributed by atoms with Crippen LogP contribution in [-0.4, -0.2) is 30.1 Å². The average molecular weight is 230 g/mol. The van der Waals surface area contributed by atoms with Crippen molar-refractivity contribution in [2.75, 3.05) is 13.1 Å². The lowest BCUT2D eigenvalue weighted by Crippen LogP contribution is -2.46. The van der Waals surface area contributed by atoms with E-state index in [1.54, 1.807) is 0 Å². The summed E-state index contributed by atoms with van der Waals surface area (Å²) in [4.78, 5) is 2.60. The van der Waals surface area contributed by atoms with Crippen molar-refractivity contribution in [3.05, 3.63) is 35.9 Å². The van der Waals surface area contributed by atoms with Gasteiger partial charge in [0, 0.05) is 25.2 Å². The molecule has 1 saturated carbocycles. The van der Waals surface area contributed by atoms with Gasteiger partial charge in [-0.15, -0.1) is 0 Å². The fourth-order valence-electron chi connectivity index (χ4n) is 2.76. The first-order valence-electron chi connectivity index (χ1n) is 6.92. The molecule has 2 fully saturated rings. The Morgan fingerprint density at radius 2 is 1.88 bits per heavy atom. The summed E-state index contributed by atoms with van der Waals surface area (Å²) < 4.78 is 0. The van der Waals surface area contributed by atoms with E-state index in [-0.39, 0.29) is 0 Å². The van der Waals surface area contributed by atoms with E-state index in [1.807, 2.05) is 0 Å². The summed E-state index contributed by atoms with van der Waals surface area (Å²) >= 11 is 0. The van der Waals surface area contributed by atoms with E-state index in [9.17, 15) is 0 Å². The van der Waals surface area contributed by atoms with Crippen molar-refractivity contribution >= 4 is 0 Å². The van der Waals surface area contributed by atoms with Crippen molar-refractivity contribution in [1.82, 2.24) is 10.2 Å². The van der Waals surface area contributed by atoms with Crippen LogP contribution in [-0.2, 0) is 6.54 Å². The van der Waals surface area contributed by atoms with E-state index >= 15 is 0 Å². The van der Waals surface area contributed by atoms with E-state index < -0.39 is 0 Å². The van der Waals surface area contributed by atoms with E-state index in [1.165, 1.54) is 44.3 Å². The third-order valence-electron chi connectivity index (χ3n) is 3.80. The molecule has 1 aromatic rings. The molecule has 0 bridgehead atoms. The number of piperidine rings is 1. The molecule has 1 heterocycles. The Hall–Kier alpha value is -0.860. The third-order valence-corrected chi connectivity index (χ3v) is 3.80. The van der Waals surface area contributed by atoms with Gasteiger partial charge in [0.25, 0.3) is 0 Å². The largest absolute Gasteiger partial charge is 0.310 e. The topological polar surface area (TPSA) is 15.3 Å². The summed E-state index contributed by atoms with van der Waals surface area (Å²) in [6, 6.07) is 12.4. The van der Waals surface area contributed by atoms with Gasteiger partial charge in [-0.05, 0) is 37.8 Å². The zero-order valence-corrected chi connectivity index (χ0v) is 10.4. The van der Waals surface area contributed by atoms with Crippen LogP contribution >= 0.6 is 0 Å². The minimum absolute atomic E-state index is 0.736. The Bertz CT molecular complexity index is 345. The van der Waals surface area contributed by atoms with Gasteiger partial charge in [0.05, 0.1) is 0 Å². The first-order chi connectivity index (χ1) is 8.40. The Kier molecular flexibility index (Phi) is 3.44. The zero-order valence-electron chi connectivity index (χ0n) is 10.4. The highest BCUT2D eigenvalue weighted by Crippen LogP contribution is 2.22. The summed E-state index contributed by atoms with van der Waals surface area (Å²) in [6.07, 6.45) is 5.50. The molecule has 1 aromatic carbocycles. The lowest BCUT2D eigenvalue weighted by atomic mass is 10.0. The van der Waals surface area contributed by atoms with Crippen LogP contribution in [0.15, 0.2) is 30.3 Å².